The minimum absolute atomic E-state index is 0.109. The van der Waals surface area contributed by atoms with E-state index in [0.29, 0.717) is 0 Å². The zero-order valence-corrected chi connectivity index (χ0v) is 9.10. The molecule has 0 aliphatic heterocycles. The highest BCUT2D eigenvalue weighted by Gasteiger charge is 2.16. The van der Waals surface area contributed by atoms with E-state index in [4.69, 9.17) is 5.11 Å². The molecule has 0 aliphatic carbocycles. The molecule has 0 heterocycles. The SMILES string of the molecule is CC[C@H](NC(C)C(=O)O)c1ccccc1. The molecule has 0 radical (unpaired) electrons. The van der Waals surface area contributed by atoms with E-state index in [1.54, 1.807) is 6.92 Å². The lowest BCUT2D eigenvalue weighted by Gasteiger charge is -2.20. The third-order valence-corrected chi connectivity index (χ3v) is 2.43. The van der Waals surface area contributed by atoms with E-state index in [1.165, 1.54) is 0 Å². The maximum atomic E-state index is 10.7. The van der Waals surface area contributed by atoms with Crippen molar-refractivity contribution in [3.05, 3.63) is 35.9 Å². The molecule has 82 valence electrons. The van der Waals surface area contributed by atoms with Gasteiger partial charge in [-0.2, -0.15) is 0 Å². The number of aliphatic carboxylic acids is 1. The van der Waals surface area contributed by atoms with Crippen LogP contribution in [0.2, 0.25) is 0 Å². The summed E-state index contributed by atoms with van der Waals surface area (Å²) in [5, 5.41) is 11.9. The normalized spacial score (nSPS) is 14.5. The van der Waals surface area contributed by atoms with Crippen LogP contribution < -0.4 is 5.32 Å². The molecule has 1 rings (SSSR count). The third kappa shape index (κ3) is 3.36. The average molecular weight is 207 g/mol. The lowest BCUT2D eigenvalue weighted by atomic mass is 10.0. The van der Waals surface area contributed by atoms with Crippen molar-refractivity contribution in [2.24, 2.45) is 0 Å². The first-order chi connectivity index (χ1) is 7.15. The number of carboxylic acid groups (broad SMARTS) is 1. The summed E-state index contributed by atoms with van der Waals surface area (Å²) in [4.78, 5) is 10.7. The maximum Gasteiger partial charge on any atom is 0.320 e. The quantitative estimate of drug-likeness (QED) is 0.778. The molecular weight excluding hydrogens is 190 g/mol. The summed E-state index contributed by atoms with van der Waals surface area (Å²) >= 11 is 0. The average Bonchev–Trinajstić information content (AvgIpc) is 2.26. The van der Waals surface area contributed by atoms with Crippen molar-refractivity contribution in [3.63, 3.8) is 0 Å². The van der Waals surface area contributed by atoms with Gasteiger partial charge >= 0.3 is 5.97 Å². The van der Waals surface area contributed by atoms with Crippen molar-refractivity contribution < 1.29 is 9.90 Å². The van der Waals surface area contributed by atoms with E-state index in [0.717, 1.165) is 12.0 Å². The Kier molecular flexibility index (Phi) is 4.31. The van der Waals surface area contributed by atoms with Crippen LogP contribution >= 0.6 is 0 Å². The number of benzene rings is 1. The molecule has 0 amide bonds. The van der Waals surface area contributed by atoms with Crippen molar-refractivity contribution in [2.45, 2.75) is 32.4 Å². The molecular formula is C12H17NO2. The Morgan fingerprint density at radius 3 is 2.47 bits per heavy atom. The summed E-state index contributed by atoms with van der Waals surface area (Å²) in [6, 6.07) is 9.49. The van der Waals surface area contributed by atoms with Crippen LogP contribution in [-0.4, -0.2) is 17.1 Å². The molecule has 0 saturated heterocycles. The summed E-state index contributed by atoms with van der Waals surface area (Å²) in [6.07, 6.45) is 0.877. The second kappa shape index (κ2) is 5.51. The van der Waals surface area contributed by atoms with Crippen LogP contribution in [0, 0.1) is 0 Å². The smallest absolute Gasteiger partial charge is 0.320 e. The molecule has 0 bridgehead atoms. The molecule has 0 fully saturated rings. The van der Waals surface area contributed by atoms with E-state index in [2.05, 4.69) is 5.32 Å². The first kappa shape index (κ1) is 11.7. The second-order valence-corrected chi connectivity index (χ2v) is 3.60. The fourth-order valence-corrected chi connectivity index (χ4v) is 1.51. The van der Waals surface area contributed by atoms with E-state index in [9.17, 15) is 4.79 Å². The molecule has 0 aromatic heterocycles. The Balaban J connectivity index is 2.69. The lowest BCUT2D eigenvalue weighted by Crippen LogP contribution is -2.36. The van der Waals surface area contributed by atoms with Crippen LogP contribution in [-0.2, 0) is 4.79 Å². The zero-order valence-electron chi connectivity index (χ0n) is 9.10. The number of nitrogens with one attached hydrogen (secondary N) is 1. The number of hydrogen-bond acceptors (Lipinski definition) is 2. The zero-order chi connectivity index (χ0) is 11.3. The van der Waals surface area contributed by atoms with Gasteiger partial charge in [-0.25, -0.2) is 0 Å². The van der Waals surface area contributed by atoms with Gasteiger partial charge in [0.1, 0.15) is 6.04 Å². The molecule has 1 aromatic carbocycles. The van der Waals surface area contributed by atoms with Crippen molar-refractivity contribution >= 4 is 5.97 Å². The number of rotatable bonds is 5. The monoisotopic (exact) mass is 207 g/mol. The van der Waals surface area contributed by atoms with E-state index >= 15 is 0 Å². The first-order valence-corrected chi connectivity index (χ1v) is 5.19. The van der Waals surface area contributed by atoms with Crippen LogP contribution in [0.4, 0.5) is 0 Å². The predicted octanol–water partition coefficient (Wildman–Crippen LogP) is 2.20. The van der Waals surface area contributed by atoms with Gasteiger partial charge in [0.15, 0.2) is 0 Å². The minimum atomic E-state index is -0.815. The fraction of sp³-hybridized carbons (Fsp3) is 0.417. The highest BCUT2D eigenvalue weighted by Crippen LogP contribution is 2.16. The Hall–Kier alpha value is -1.35. The predicted molar refractivity (Wildman–Crippen MR) is 59.7 cm³/mol. The number of hydrogen-bond donors (Lipinski definition) is 2. The maximum absolute atomic E-state index is 10.7. The largest absolute Gasteiger partial charge is 0.480 e. The highest BCUT2D eigenvalue weighted by atomic mass is 16.4. The minimum Gasteiger partial charge on any atom is -0.480 e. The third-order valence-electron chi connectivity index (χ3n) is 2.43. The summed E-state index contributed by atoms with van der Waals surface area (Å²) < 4.78 is 0. The van der Waals surface area contributed by atoms with Gasteiger partial charge in [0, 0.05) is 6.04 Å². The van der Waals surface area contributed by atoms with Gasteiger partial charge in [0.2, 0.25) is 0 Å². The Bertz CT molecular complexity index is 311. The van der Waals surface area contributed by atoms with Crippen LogP contribution in [0.5, 0.6) is 0 Å². The summed E-state index contributed by atoms with van der Waals surface area (Å²) in [7, 11) is 0. The van der Waals surface area contributed by atoms with E-state index < -0.39 is 12.0 Å². The van der Waals surface area contributed by atoms with Gasteiger partial charge in [-0.1, -0.05) is 37.3 Å². The fourth-order valence-electron chi connectivity index (χ4n) is 1.51. The molecule has 15 heavy (non-hydrogen) atoms. The Labute approximate surface area is 90.1 Å². The van der Waals surface area contributed by atoms with E-state index in [1.807, 2.05) is 37.3 Å². The molecule has 1 unspecified atom stereocenters. The van der Waals surface area contributed by atoms with Gasteiger partial charge in [0.25, 0.3) is 0 Å². The molecule has 2 atom stereocenters. The van der Waals surface area contributed by atoms with Gasteiger partial charge in [-0.15, -0.1) is 0 Å². The molecule has 1 aromatic rings. The van der Waals surface area contributed by atoms with Crippen LogP contribution in [0.1, 0.15) is 31.9 Å². The summed E-state index contributed by atoms with van der Waals surface area (Å²) in [6.45, 7) is 3.70. The Morgan fingerprint density at radius 1 is 1.40 bits per heavy atom. The second-order valence-electron chi connectivity index (χ2n) is 3.60. The standard InChI is InChI=1S/C12H17NO2/c1-3-11(13-9(2)12(14)15)10-7-5-4-6-8-10/h4-9,11,13H,3H2,1-2H3,(H,14,15)/t9?,11-/m0/s1. The van der Waals surface area contributed by atoms with Crippen molar-refractivity contribution in [1.29, 1.82) is 0 Å². The molecule has 2 N–H and O–H groups in total. The molecule has 0 spiro atoms. The number of carboxylic acids is 1. The van der Waals surface area contributed by atoms with Crippen molar-refractivity contribution in [3.8, 4) is 0 Å². The van der Waals surface area contributed by atoms with Crippen molar-refractivity contribution in [2.75, 3.05) is 0 Å². The van der Waals surface area contributed by atoms with Crippen LogP contribution in [0.25, 0.3) is 0 Å². The number of carbonyl (C=O) groups is 1. The van der Waals surface area contributed by atoms with E-state index in [-0.39, 0.29) is 6.04 Å². The molecule has 3 heteroatoms. The molecule has 0 saturated carbocycles. The summed E-state index contributed by atoms with van der Waals surface area (Å²) in [5.74, 6) is -0.815. The van der Waals surface area contributed by atoms with Crippen LogP contribution in [0.15, 0.2) is 30.3 Å². The van der Waals surface area contributed by atoms with Gasteiger partial charge in [-0.05, 0) is 18.9 Å². The van der Waals surface area contributed by atoms with Crippen molar-refractivity contribution in [1.82, 2.24) is 5.32 Å². The highest BCUT2D eigenvalue weighted by molar-refractivity contribution is 5.72. The molecule has 0 aliphatic rings. The van der Waals surface area contributed by atoms with Gasteiger partial charge in [0.05, 0.1) is 0 Å². The first-order valence-electron chi connectivity index (χ1n) is 5.19. The summed E-state index contributed by atoms with van der Waals surface area (Å²) in [5.41, 5.74) is 1.13. The molecule has 3 nitrogen and oxygen atoms in total. The topological polar surface area (TPSA) is 49.3 Å². The lowest BCUT2D eigenvalue weighted by molar-refractivity contribution is -0.139. The van der Waals surface area contributed by atoms with Gasteiger partial charge < -0.3 is 5.11 Å². The van der Waals surface area contributed by atoms with Crippen LogP contribution in [0.3, 0.4) is 0 Å². The Morgan fingerprint density at radius 2 is 2.00 bits per heavy atom. The van der Waals surface area contributed by atoms with Gasteiger partial charge in [-0.3, -0.25) is 10.1 Å².